The molecule has 1 unspecified atom stereocenters. The van der Waals surface area contributed by atoms with Gasteiger partial charge in [0.2, 0.25) is 5.91 Å². The second-order valence-electron chi connectivity index (χ2n) is 6.72. The number of rotatable bonds is 5. The van der Waals surface area contributed by atoms with Crippen LogP contribution in [0.3, 0.4) is 0 Å². The van der Waals surface area contributed by atoms with E-state index in [1.807, 2.05) is 57.4 Å². The Balaban J connectivity index is 1.31. The maximum absolute atomic E-state index is 12.7. The molecule has 26 heavy (non-hydrogen) atoms. The monoisotopic (exact) mass is 369 g/mol. The molecule has 0 aliphatic carbocycles. The van der Waals surface area contributed by atoms with Crippen molar-refractivity contribution in [3.63, 3.8) is 0 Å². The third-order valence-electron chi connectivity index (χ3n) is 5.01. The van der Waals surface area contributed by atoms with Crippen molar-refractivity contribution in [1.29, 1.82) is 0 Å². The standard InChI is InChI=1S/C20H23N3O2S/c24-18(19-6-3-13-26-19)14-21-9-11-22(12-10-21)20(25)15-23-8-7-16-4-1-2-5-17(16)23/h1-8,13,18,24H,9-12,14-15H2. The number of thiophene rings is 1. The van der Waals surface area contributed by atoms with Crippen LogP contribution in [0.1, 0.15) is 11.0 Å². The minimum absolute atomic E-state index is 0.157. The lowest BCUT2D eigenvalue weighted by Gasteiger charge is -2.35. The van der Waals surface area contributed by atoms with Gasteiger partial charge in [-0.3, -0.25) is 9.69 Å². The number of aliphatic hydroxyl groups is 1. The normalized spacial score (nSPS) is 16.9. The Hall–Kier alpha value is -2.15. The fourth-order valence-electron chi connectivity index (χ4n) is 3.52. The van der Waals surface area contributed by atoms with Crippen LogP contribution in [0.15, 0.2) is 54.0 Å². The van der Waals surface area contributed by atoms with E-state index >= 15 is 0 Å². The summed E-state index contributed by atoms with van der Waals surface area (Å²) in [7, 11) is 0. The molecule has 0 saturated carbocycles. The summed E-state index contributed by atoms with van der Waals surface area (Å²) in [5.41, 5.74) is 1.10. The van der Waals surface area contributed by atoms with Gasteiger partial charge in [0, 0.05) is 49.3 Å². The predicted octanol–water partition coefficient (Wildman–Crippen LogP) is 2.58. The minimum Gasteiger partial charge on any atom is -0.386 e. The van der Waals surface area contributed by atoms with Crippen LogP contribution in [-0.2, 0) is 11.3 Å². The van der Waals surface area contributed by atoms with E-state index in [0.717, 1.165) is 42.0 Å². The van der Waals surface area contributed by atoms with Crippen molar-refractivity contribution in [2.75, 3.05) is 32.7 Å². The molecule has 1 saturated heterocycles. The zero-order chi connectivity index (χ0) is 17.9. The van der Waals surface area contributed by atoms with E-state index < -0.39 is 6.10 Å². The molecule has 1 aliphatic rings. The number of β-amino-alcohol motifs (C(OH)–C–C–N with tert-alkyl or cyclic N) is 1. The van der Waals surface area contributed by atoms with Crippen molar-refractivity contribution >= 4 is 28.1 Å². The van der Waals surface area contributed by atoms with Crippen molar-refractivity contribution in [2.24, 2.45) is 0 Å². The second-order valence-corrected chi connectivity index (χ2v) is 7.69. The Bertz CT molecular complexity index is 866. The first-order valence-corrected chi connectivity index (χ1v) is 9.84. The number of benzene rings is 1. The molecule has 1 fully saturated rings. The number of para-hydroxylation sites is 1. The highest BCUT2D eigenvalue weighted by Crippen LogP contribution is 2.20. The maximum Gasteiger partial charge on any atom is 0.242 e. The van der Waals surface area contributed by atoms with Crippen molar-refractivity contribution in [2.45, 2.75) is 12.6 Å². The second kappa shape index (κ2) is 7.61. The molecule has 5 nitrogen and oxygen atoms in total. The summed E-state index contributed by atoms with van der Waals surface area (Å²) in [6.07, 6.45) is 1.54. The summed E-state index contributed by atoms with van der Waals surface area (Å²) in [6.45, 7) is 4.06. The summed E-state index contributed by atoms with van der Waals surface area (Å²) in [6, 6.07) is 14.1. The van der Waals surface area contributed by atoms with E-state index in [0.29, 0.717) is 13.1 Å². The van der Waals surface area contributed by atoms with Gasteiger partial charge in [0.1, 0.15) is 12.6 Å². The lowest BCUT2D eigenvalue weighted by Crippen LogP contribution is -2.50. The highest BCUT2D eigenvalue weighted by molar-refractivity contribution is 7.10. The molecule has 1 N–H and O–H groups in total. The van der Waals surface area contributed by atoms with E-state index in [-0.39, 0.29) is 5.91 Å². The molecule has 1 amide bonds. The van der Waals surface area contributed by atoms with Crippen LogP contribution in [0.25, 0.3) is 10.9 Å². The van der Waals surface area contributed by atoms with E-state index in [4.69, 9.17) is 0 Å². The summed E-state index contributed by atoms with van der Waals surface area (Å²) < 4.78 is 2.02. The third-order valence-corrected chi connectivity index (χ3v) is 5.99. The molecular weight excluding hydrogens is 346 g/mol. The van der Waals surface area contributed by atoms with E-state index in [1.54, 1.807) is 11.3 Å². The molecule has 3 aromatic rings. The first-order chi connectivity index (χ1) is 12.7. The number of hydrogen-bond acceptors (Lipinski definition) is 4. The molecule has 3 heterocycles. The summed E-state index contributed by atoms with van der Waals surface area (Å²) in [5.74, 6) is 0.157. The van der Waals surface area contributed by atoms with Gasteiger partial charge in [-0.05, 0) is 29.0 Å². The van der Waals surface area contributed by atoms with Crippen LogP contribution in [0.2, 0.25) is 0 Å². The van der Waals surface area contributed by atoms with Gasteiger partial charge in [0.25, 0.3) is 0 Å². The van der Waals surface area contributed by atoms with Gasteiger partial charge in [0.05, 0.1) is 0 Å². The molecule has 136 valence electrons. The number of carbonyl (C=O) groups excluding carboxylic acids is 1. The quantitative estimate of drug-likeness (QED) is 0.752. The largest absolute Gasteiger partial charge is 0.386 e. The number of fused-ring (bicyclic) bond motifs is 1. The lowest BCUT2D eigenvalue weighted by atomic mass is 10.2. The zero-order valence-electron chi connectivity index (χ0n) is 14.6. The number of amides is 1. The first kappa shape index (κ1) is 17.3. The molecule has 0 bridgehead atoms. The molecular formula is C20H23N3O2S. The van der Waals surface area contributed by atoms with Crippen molar-refractivity contribution in [3.05, 3.63) is 58.9 Å². The van der Waals surface area contributed by atoms with Gasteiger partial charge in [-0.2, -0.15) is 0 Å². The highest BCUT2D eigenvalue weighted by atomic mass is 32.1. The fraction of sp³-hybridized carbons (Fsp3) is 0.350. The van der Waals surface area contributed by atoms with Gasteiger partial charge >= 0.3 is 0 Å². The van der Waals surface area contributed by atoms with E-state index in [2.05, 4.69) is 11.0 Å². The number of aliphatic hydroxyl groups excluding tert-OH is 1. The first-order valence-electron chi connectivity index (χ1n) is 8.96. The molecule has 1 atom stereocenters. The fourth-order valence-corrected chi connectivity index (χ4v) is 4.22. The van der Waals surface area contributed by atoms with Crippen LogP contribution in [-0.4, -0.2) is 58.1 Å². The summed E-state index contributed by atoms with van der Waals surface area (Å²) >= 11 is 1.58. The maximum atomic E-state index is 12.7. The van der Waals surface area contributed by atoms with Crippen LogP contribution in [0, 0.1) is 0 Å². The summed E-state index contributed by atoms with van der Waals surface area (Å²) in [5, 5.41) is 13.4. The lowest BCUT2D eigenvalue weighted by molar-refractivity contribution is -0.133. The Kier molecular flexibility index (Phi) is 5.06. The molecule has 0 spiro atoms. The third kappa shape index (κ3) is 3.67. The number of aromatic nitrogens is 1. The number of carbonyl (C=O) groups is 1. The van der Waals surface area contributed by atoms with Crippen molar-refractivity contribution < 1.29 is 9.90 Å². The SMILES string of the molecule is O=C(Cn1ccc2ccccc21)N1CCN(CC(O)c2cccs2)CC1. The van der Waals surface area contributed by atoms with Crippen LogP contribution in [0.4, 0.5) is 0 Å². The van der Waals surface area contributed by atoms with Crippen LogP contribution in [0.5, 0.6) is 0 Å². The Morgan fingerprint density at radius 3 is 2.65 bits per heavy atom. The number of piperazine rings is 1. The average Bonchev–Trinajstić information content (AvgIpc) is 3.33. The van der Waals surface area contributed by atoms with E-state index in [9.17, 15) is 9.90 Å². The predicted molar refractivity (Wildman–Crippen MR) is 104 cm³/mol. The van der Waals surface area contributed by atoms with Gasteiger partial charge < -0.3 is 14.6 Å². The smallest absolute Gasteiger partial charge is 0.242 e. The van der Waals surface area contributed by atoms with Crippen LogP contribution >= 0.6 is 11.3 Å². The molecule has 1 aliphatic heterocycles. The van der Waals surface area contributed by atoms with Gasteiger partial charge in [-0.1, -0.05) is 24.3 Å². The topological polar surface area (TPSA) is 48.7 Å². The average molecular weight is 369 g/mol. The Morgan fingerprint density at radius 1 is 1.08 bits per heavy atom. The molecule has 0 radical (unpaired) electrons. The van der Waals surface area contributed by atoms with Crippen LogP contribution < -0.4 is 0 Å². The number of nitrogens with zero attached hydrogens (tertiary/aromatic N) is 3. The van der Waals surface area contributed by atoms with Gasteiger partial charge in [0.15, 0.2) is 0 Å². The van der Waals surface area contributed by atoms with E-state index in [1.165, 1.54) is 0 Å². The molecule has 2 aromatic heterocycles. The van der Waals surface area contributed by atoms with Crippen molar-refractivity contribution in [1.82, 2.24) is 14.4 Å². The summed E-state index contributed by atoms with van der Waals surface area (Å²) in [4.78, 5) is 17.8. The number of hydrogen-bond donors (Lipinski definition) is 1. The minimum atomic E-state index is -0.441. The Labute approximate surface area is 157 Å². The molecule has 4 rings (SSSR count). The Morgan fingerprint density at radius 2 is 1.88 bits per heavy atom. The zero-order valence-corrected chi connectivity index (χ0v) is 15.4. The highest BCUT2D eigenvalue weighted by Gasteiger charge is 2.23. The van der Waals surface area contributed by atoms with Gasteiger partial charge in [-0.15, -0.1) is 11.3 Å². The molecule has 6 heteroatoms. The molecule has 1 aromatic carbocycles. The van der Waals surface area contributed by atoms with Gasteiger partial charge in [-0.25, -0.2) is 0 Å². The van der Waals surface area contributed by atoms with Crippen molar-refractivity contribution in [3.8, 4) is 0 Å².